The third kappa shape index (κ3) is 3.43. The number of hydrogen-bond donors (Lipinski definition) is 1. The van der Waals surface area contributed by atoms with E-state index in [0.29, 0.717) is 16.8 Å². The fourth-order valence-electron chi connectivity index (χ4n) is 2.63. The first-order valence-electron chi connectivity index (χ1n) is 8.64. The van der Waals surface area contributed by atoms with Crippen molar-refractivity contribution < 1.29 is 23.4 Å². The van der Waals surface area contributed by atoms with Crippen LogP contribution in [0, 0.1) is 0 Å². The van der Waals surface area contributed by atoms with Crippen molar-refractivity contribution in [2.45, 2.75) is 65.3 Å². The summed E-state index contributed by atoms with van der Waals surface area (Å²) in [4.78, 5) is 12.0. The largest absolute Gasteiger partial charge is 0.498 e. The molecule has 3 rings (SSSR count). The van der Waals surface area contributed by atoms with Crippen LogP contribution in [0.3, 0.4) is 0 Å². The van der Waals surface area contributed by atoms with Crippen molar-refractivity contribution >= 4 is 35.5 Å². The average Bonchev–Trinajstić information content (AvgIpc) is 2.95. The summed E-state index contributed by atoms with van der Waals surface area (Å²) in [5.41, 5.74) is -0.283. The number of aromatic nitrogens is 1. The fraction of sp³-hybridized carbons (Fsp3) is 0.556. The number of anilines is 1. The molecule has 7 nitrogen and oxygen atoms in total. The first-order valence-corrected chi connectivity index (χ1v) is 8.64. The Hall–Kier alpha value is -2.06. The molecule has 0 spiro atoms. The van der Waals surface area contributed by atoms with E-state index in [9.17, 15) is 4.79 Å². The number of carbonyl (C=O) groups is 1. The zero-order valence-electron chi connectivity index (χ0n) is 16.3. The SMILES string of the molecule is CC(C)(C)OC(=O)Nc1noc2c(B3OC(C)(C)C(C)(C)O3)cccc12. The lowest BCUT2D eigenvalue weighted by molar-refractivity contribution is 0.00578. The van der Waals surface area contributed by atoms with Crippen LogP contribution in [0.4, 0.5) is 10.6 Å². The molecule has 1 aliphatic rings. The van der Waals surface area contributed by atoms with Gasteiger partial charge in [-0.25, -0.2) is 4.79 Å². The molecule has 0 aliphatic carbocycles. The Morgan fingerprint density at radius 2 is 1.77 bits per heavy atom. The summed E-state index contributed by atoms with van der Waals surface area (Å²) < 4.78 is 22.9. The van der Waals surface area contributed by atoms with E-state index < -0.39 is 30.0 Å². The Labute approximate surface area is 153 Å². The van der Waals surface area contributed by atoms with Gasteiger partial charge in [-0.2, -0.15) is 0 Å². The normalized spacial score (nSPS) is 19.0. The summed E-state index contributed by atoms with van der Waals surface area (Å²) in [6.07, 6.45) is -0.589. The molecule has 0 unspecified atom stereocenters. The van der Waals surface area contributed by atoms with Gasteiger partial charge >= 0.3 is 13.2 Å². The minimum atomic E-state index is -0.600. The predicted octanol–water partition coefficient (Wildman–Crippen LogP) is 3.47. The van der Waals surface area contributed by atoms with Gasteiger partial charge in [0.2, 0.25) is 0 Å². The molecule has 140 valence electrons. The van der Waals surface area contributed by atoms with E-state index in [2.05, 4.69) is 10.5 Å². The van der Waals surface area contributed by atoms with Gasteiger partial charge in [-0.15, -0.1) is 0 Å². The highest BCUT2D eigenvalue weighted by Crippen LogP contribution is 2.37. The number of hydrogen-bond acceptors (Lipinski definition) is 6. The van der Waals surface area contributed by atoms with E-state index in [-0.39, 0.29) is 0 Å². The molecule has 1 saturated heterocycles. The quantitative estimate of drug-likeness (QED) is 0.826. The van der Waals surface area contributed by atoms with E-state index in [1.807, 2.05) is 45.9 Å². The molecular formula is C18H25BN2O5. The molecule has 26 heavy (non-hydrogen) atoms. The zero-order chi connectivity index (χ0) is 19.3. The van der Waals surface area contributed by atoms with Gasteiger partial charge in [0.15, 0.2) is 11.4 Å². The number of nitrogens with one attached hydrogen (secondary N) is 1. The molecule has 1 amide bonds. The monoisotopic (exact) mass is 360 g/mol. The van der Waals surface area contributed by atoms with Gasteiger partial charge in [0.25, 0.3) is 0 Å². The highest BCUT2D eigenvalue weighted by molar-refractivity contribution is 6.64. The van der Waals surface area contributed by atoms with Gasteiger partial charge in [0.05, 0.1) is 16.6 Å². The first kappa shape index (κ1) is 18.7. The molecule has 1 fully saturated rings. The van der Waals surface area contributed by atoms with Gasteiger partial charge in [0, 0.05) is 5.46 Å². The van der Waals surface area contributed by atoms with Crippen LogP contribution in [0.5, 0.6) is 0 Å². The van der Waals surface area contributed by atoms with Gasteiger partial charge in [-0.1, -0.05) is 17.3 Å². The Morgan fingerprint density at radius 1 is 1.15 bits per heavy atom. The number of amides is 1. The summed E-state index contributed by atoms with van der Waals surface area (Å²) >= 11 is 0. The molecule has 1 aromatic heterocycles. The minimum Gasteiger partial charge on any atom is -0.444 e. The third-order valence-electron chi connectivity index (χ3n) is 4.66. The van der Waals surface area contributed by atoms with Gasteiger partial charge in [0.1, 0.15) is 5.60 Å². The van der Waals surface area contributed by atoms with Crippen LogP contribution in [0.1, 0.15) is 48.5 Å². The van der Waals surface area contributed by atoms with Crippen molar-refractivity contribution in [3.63, 3.8) is 0 Å². The number of para-hydroxylation sites is 1. The Kier molecular flexibility index (Phi) is 4.32. The van der Waals surface area contributed by atoms with Crippen LogP contribution in [0.15, 0.2) is 22.7 Å². The van der Waals surface area contributed by atoms with Crippen LogP contribution in [0.25, 0.3) is 11.0 Å². The number of fused-ring (bicyclic) bond motifs is 1. The lowest BCUT2D eigenvalue weighted by Crippen LogP contribution is -2.41. The van der Waals surface area contributed by atoms with E-state index >= 15 is 0 Å². The van der Waals surface area contributed by atoms with Crippen molar-refractivity contribution in [3.8, 4) is 0 Å². The van der Waals surface area contributed by atoms with Crippen LogP contribution < -0.4 is 10.8 Å². The summed E-state index contributed by atoms with van der Waals surface area (Å²) in [6.45, 7) is 13.3. The maximum Gasteiger partial charge on any atom is 0.498 e. The maximum atomic E-state index is 12.0. The number of nitrogens with zero attached hydrogens (tertiary/aromatic N) is 1. The fourth-order valence-corrected chi connectivity index (χ4v) is 2.63. The van der Waals surface area contributed by atoms with Gasteiger partial charge in [-0.3, -0.25) is 5.32 Å². The molecule has 0 saturated carbocycles. The molecule has 1 aromatic carbocycles. The number of rotatable bonds is 2. The molecule has 2 heterocycles. The number of benzene rings is 1. The van der Waals surface area contributed by atoms with E-state index in [1.165, 1.54) is 0 Å². The maximum absolute atomic E-state index is 12.0. The highest BCUT2D eigenvalue weighted by atomic mass is 16.7. The second-order valence-electron chi connectivity index (χ2n) is 8.47. The molecule has 1 N–H and O–H groups in total. The van der Waals surface area contributed by atoms with Crippen molar-refractivity contribution in [1.29, 1.82) is 0 Å². The second kappa shape index (κ2) is 5.99. The lowest BCUT2D eigenvalue weighted by atomic mass is 9.78. The molecule has 0 bridgehead atoms. The minimum absolute atomic E-state index is 0.299. The van der Waals surface area contributed by atoms with Crippen molar-refractivity contribution in [2.24, 2.45) is 0 Å². The van der Waals surface area contributed by atoms with Crippen LogP contribution in [-0.2, 0) is 14.0 Å². The van der Waals surface area contributed by atoms with Crippen LogP contribution >= 0.6 is 0 Å². The Balaban J connectivity index is 1.89. The zero-order valence-corrected chi connectivity index (χ0v) is 16.3. The lowest BCUT2D eigenvalue weighted by Gasteiger charge is -2.32. The van der Waals surface area contributed by atoms with Gasteiger partial charge < -0.3 is 18.6 Å². The van der Waals surface area contributed by atoms with Crippen LogP contribution in [0.2, 0.25) is 0 Å². The van der Waals surface area contributed by atoms with Crippen LogP contribution in [-0.4, -0.2) is 35.2 Å². The van der Waals surface area contributed by atoms with Gasteiger partial charge in [-0.05, 0) is 54.5 Å². The smallest absolute Gasteiger partial charge is 0.444 e. The van der Waals surface area contributed by atoms with Crippen molar-refractivity contribution in [2.75, 3.05) is 5.32 Å². The molecular weight excluding hydrogens is 335 g/mol. The molecule has 2 aromatic rings. The van der Waals surface area contributed by atoms with Crippen molar-refractivity contribution in [3.05, 3.63) is 18.2 Å². The summed E-state index contributed by atoms with van der Waals surface area (Å²) in [6, 6.07) is 5.53. The standard InChI is InChI=1S/C18H25BN2O5/c1-16(2,3)23-15(22)20-14-11-9-8-10-12(13(11)24-21-14)19-25-17(4,5)18(6,7)26-19/h8-10H,1-7H3,(H,20,21,22). The summed E-state index contributed by atoms with van der Waals surface area (Å²) in [7, 11) is -0.578. The number of ether oxygens (including phenoxy) is 1. The summed E-state index contributed by atoms with van der Waals surface area (Å²) in [5.74, 6) is 0.299. The Bertz CT molecular complexity index is 822. The van der Waals surface area contributed by atoms with Crippen molar-refractivity contribution in [1.82, 2.24) is 5.16 Å². The first-order chi connectivity index (χ1) is 11.9. The average molecular weight is 360 g/mol. The highest BCUT2D eigenvalue weighted by Gasteiger charge is 2.52. The topological polar surface area (TPSA) is 82.8 Å². The predicted molar refractivity (Wildman–Crippen MR) is 99.6 cm³/mol. The second-order valence-corrected chi connectivity index (χ2v) is 8.47. The summed E-state index contributed by atoms with van der Waals surface area (Å²) in [5, 5.41) is 7.25. The number of carbonyl (C=O) groups excluding carboxylic acids is 1. The molecule has 0 atom stereocenters. The van der Waals surface area contributed by atoms with E-state index in [4.69, 9.17) is 18.6 Å². The third-order valence-corrected chi connectivity index (χ3v) is 4.66. The molecule has 8 heteroatoms. The Morgan fingerprint density at radius 3 is 2.35 bits per heavy atom. The van der Waals surface area contributed by atoms with E-state index in [0.717, 1.165) is 5.46 Å². The molecule has 0 radical (unpaired) electrons. The van der Waals surface area contributed by atoms with E-state index in [1.54, 1.807) is 20.8 Å². The molecule has 1 aliphatic heterocycles.